The second-order valence-electron chi connectivity index (χ2n) is 7.18. The molecule has 0 saturated carbocycles. The molecule has 1 N–H and O–H groups in total. The van der Waals surface area contributed by atoms with Crippen LogP contribution < -0.4 is 10.1 Å². The largest absolute Gasteiger partial charge is 0.490 e. The van der Waals surface area contributed by atoms with Gasteiger partial charge in [-0.15, -0.1) is 0 Å². The number of aromatic nitrogens is 1. The molecule has 1 heterocycles. The third kappa shape index (κ3) is 5.66. The summed E-state index contributed by atoms with van der Waals surface area (Å²) in [5, 5.41) is 3.50. The first-order chi connectivity index (χ1) is 14.6. The molecule has 0 fully saturated rings. The lowest BCUT2D eigenvalue weighted by atomic mass is 10.1. The molecule has 0 bridgehead atoms. The highest BCUT2D eigenvalue weighted by atomic mass is 19.1. The standard InChI is InChI=1S/C25H27FN2O2/c1-3-4-5-6-7-8-16-30-23-11-9-10-22(24(23)26)28-25(29)20-14-15-21-19(17-20)13-12-18(2)27-21/h6-7,9-15,17H,3-5,8,16H2,1-2H3,(H,28,29). The van der Waals surface area contributed by atoms with Gasteiger partial charge in [-0.2, -0.15) is 0 Å². The van der Waals surface area contributed by atoms with Crippen LogP contribution in [0.15, 0.2) is 60.7 Å². The molecule has 0 radical (unpaired) electrons. The van der Waals surface area contributed by atoms with Gasteiger partial charge in [0, 0.05) is 16.6 Å². The summed E-state index contributed by atoms with van der Waals surface area (Å²) in [5.74, 6) is -0.820. The number of aryl methyl sites for hydroxylation is 1. The summed E-state index contributed by atoms with van der Waals surface area (Å²) in [5.41, 5.74) is 2.26. The number of unbranched alkanes of at least 4 members (excludes halogenated alkanes) is 2. The molecule has 0 atom stereocenters. The van der Waals surface area contributed by atoms with Gasteiger partial charge in [-0.1, -0.05) is 44.1 Å². The number of anilines is 1. The van der Waals surface area contributed by atoms with E-state index >= 15 is 0 Å². The van der Waals surface area contributed by atoms with Gasteiger partial charge >= 0.3 is 0 Å². The summed E-state index contributed by atoms with van der Waals surface area (Å²) in [6.45, 7) is 4.46. The summed E-state index contributed by atoms with van der Waals surface area (Å²) in [4.78, 5) is 17.1. The van der Waals surface area contributed by atoms with Crippen molar-refractivity contribution in [2.24, 2.45) is 0 Å². The van der Waals surface area contributed by atoms with Crippen LogP contribution in [-0.4, -0.2) is 17.5 Å². The number of halogens is 1. The number of benzene rings is 2. The van der Waals surface area contributed by atoms with E-state index in [0.717, 1.165) is 23.0 Å². The molecule has 0 unspecified atom stereocenters. The van der Waals surface area contributed by atoms with E-state index < -0.39 is 5.82 Å². The lowest BCUT2D eigenvalue weighted by Gasteiger charge is -2.11. The summed E-state index contributed by atoms with van der Waals surface area (Å²) in [6.07, 6.45) is 8.28. The molecule has 0 saturated heterocycles. The van der Waals surface area contributed by atoms with Gasteiger partial charge in [-0.25, -0.2) is 4.39 Å². The molecular formula is C25H27FN2O2. The molecule has 30 heavy (non-hydrogen) atoms. The van der Waals surface area contributed by atoms with Gasteiger partial charge in [-0.05, 0) is 56.2 Å². The maximum absolute atomic E-state index is 14.8. The average Bonchev–Trinajstić information content (AvgIpc) is 2.75. The molecule has 0 aliphatic rings. The number of hydrogen-bond donors (Lipinski definition) is 1. The zero-order valence-electron chi connectivity index (χ0n) is 17.5. The predicted octanol–water partition coefficient (Wildman–Crippen LogP) is 6.45. The summed E-state index contributed by atoms with van der Waals surface area (Å²) < 4.78 is 20.3. The molecular weight excluding hydrogens is 379 g/mol. The summed E-state index contributed by atoms with van der Waals surface area (Å²) >= 11 is 0. The maximum Gasteiger partial charge on any atom is 0.255 e. The van der Waals surface area contributed by atoms with Crippen molar-refractivity contribution in [1.82, 2.24) is 4.98 Å². The molecule has 156 valence electrons. The minimum Gasteiger partial charge on any atom is -0.490 e. The molecule has 0 aliphatic carbocycles. The van der Waals surface area contributed by atoms with Crippen LogP contribution >= 0.6 is 0 Å². The summed E-state index contributed by atoms with van der Waals surface area (Å²) in [6, 6.07) is 13.8. The number of rotatable bonds is 9. The molecule has 1 amide bonds. The molecule has 5 heteroatoms. The van der Waals surface area contributed by atoms with Crippen LogP contribution in [-0.2, 0) is 0 Å². The minimum atomic E-state index is -0.570. The van der Waals surface area contributed by atoms with E-state index in [-0.39, 0.29) is 17.3 Å². The lowest BCUT2D eigenvalue weighted by molar-refractivity contribution is 0.102. The fraction of sp³-hybridized carbons (Fsp3) is 0.280. The molecule has 1 aromatic heterocycles. The van der Waals surface area contributed by atoms with Crippen LogP contribution in [0, 0.1) is 12.7 Å². The van der Waals surface area contributed by atoms with Crippen molar-refractivity contribution in [2.75, 3.05) is 11.9 Å². The quantitative estimate of drug-likeness (QED) is 0.328. The molecule has 0 aliphatic heterocycles. The van der Waals surface area contributed by atoms with Crippen LogP contribution in [0.2, 0.25) is 0 Å². The fourth-order valence-electron chi connectivity index (χ4n) is 3.08. The Hall–Kier alpha value is -3.21. The highest BCUT2D eigenvalue weighted by Crippen LogP contribution is 2.25. The van der Waals surface area contributed by atoms with Crippen molar-refractivity contribution < 1.29 is 13.9 Å². The third-order valence-corrected chi connectivity index (χ3v) is 4.74. The van der Waals surface area contributed by atoms with E-state index in [2.05, 4.69) is 29.4 Å². The number of nitrogens with zero attached hydrogens (tertiary/aromatic N) is 1. The normalized spacial score (nSPS) is 11.2. The number of carbonyl (C=O) groups excluding carboxylic acids is 1. The zero-order chi connectivity index (χ0) is 21.3. The van der Waals surface area contributed by atoms with Crippen LogP contribution in [0.5, 0.6) is 5.75 Å². The monoisotopic (exact) mass is 406 g/mol. The smallest absolute Gasteiger partial charge is 0.255 e. The number of ether oxygens (including phenoxy) is 1. The van der Waals surface area contributed by atoms with E-state index in [0.29, 0.717) is 18.6 Å². The van der Waals surface area contributed by atoms with Crippen LogP contribution in [0.4, 0.5) is 10.1 Å². The number of pyridine rings is 1. The third-order valence-electron chi connectivity index (χ3n) is 4.74. The van der Waals surface area contributed by atoms with Gasteiger partial charge in [0.05, 0.1) is 17.8 Å². The topological polar surface area (TPSA) is 51.2 Å². The molecule has 2 aromatic carbocycles. The predicted molar refractivity (Wildman–Crippen MR) is 120 cm³/mol. The van der Waals surface area contributed by atoms with Crippen molar-refractivity contribution >= 4 is 22.5 Å². The SMILES string of the molecule is CCCCC=CCCOc1cccc(NC(=O)c2ccc3nc(C)ccc3c2)c1F. The van der Waals surface area contributed by atoms with Crippen molar-refractivity contribution in [3.63, 3.8) is 0 Å². The van der Waals surface area contributed by atoms with Crippen LogP contribution in [0.1, 0.15) is 48.7 Å². The molecule has 3 aromatic rings. The summed E-state index contributed by atoms with van der Waals surface area (Å²) in [7, 11) is 0. The Labute approximate surface area is 176 Å². The van der Waals surface area contributed by atoms with Gasteiger partial charge in [-0.3, -0.25) is 9.78 Å². The lowest BCUT2D eigenvalue weighted by Crippen LogP contribution is -2.13. The second-order valence-corrected chi connectivity index (χ2v) is 7.18. The highest BCUT2D eigenvalue weighted by Gasteiger charge is 2.13. The number of fused-ring (bicyclic) bond motifs is 1. The first-order valence-corrected chi connectivity index (χ1v) is 10.3. The van der Waals surface area contributed by atoms with Crippen molar-refractivity contribution in [3.8, 4) is 5.75 Å². The van der Waals surface area contributed by atoms with E-state index in [1.54, 1.807) is 30.3 Å². The number of amides is 1. The van der Waals surface area contributed by atoms with E-state index in [1.165, 1.54) is 18.9 Å². The molecule has 0 spiro atoms. The van der Waals surface area contributed by atoms with E-state index in [9.17, 15) is 9.18 Å². The Balaban J connectivity index is 1.63. The molecule has 4 nitrogen and oxygen atoms in total. The Morgan fingerprint density at radius 2 is 1.97 bits per heavy atom. The maximum atomic E-state index is 14.8. The van der Waals surface area contributed by atoms with Crippen LogP contribution in [0.3, 0.4) is 0 Å². The van der Waals surface area contributed by atoms with E-state index in [4.69, 9.17) is 4.74 Å². The number of carbonyl (C=O) groups is 1. The van der Waals surface area contributed by atoms with Gasteiger partial charge in [0.2, 0.25) is 0 Å². The molecule has 3 rings (SSSR count). The van der Waals surface area contributed by atoms with Gasteiger partial charge in [0.25, 0.3) is 5.91 Å². The van der Waals surface area contributed by atoms with Crippen molar-refractivity contribution in [1.29, 1.82) is 0 Å². The first-order valence-electron chi connectivity index (χ1n) is 10.3. The Morgan fingerprint density at radius 1 is 1.13 bits per heavy atom. The number of hydrogen-bond acceptors (Lipinski definition) is 3. The average molecular weight is 407 g/mol. The van der Waals surface area contributed by atoms with Gasteiger partial charge < -0.3 is 10.1 Å². The van der Waals surface area contributed by atoms with E-state index in [1.807, 2.05) is 19.1 Å². The highest BCUT2D eigenvalue weighted by molar-refractivity contribution is 6.06. The fourth-order valence-corrected chi connectivity index (χ4v) is 3.08. The van der Waals surface area contributed by atoms with Crippen LogP contribution in [0.25, 0.3) is 10.9 Å². The Kier molecular flexibility index (Phi) is 7.55. The van der Waals surface area contributed by atoms with Gasteiger partial charge in [0.15, 0.2) is 11.6 Å². The van der Waals surface area contributed by atoms with Crippen molar-refractivity contribution in [2.45, 2.75) is 39.5 Å². The Morgan fingerprint density at radius 3 is 2.80 bits per heavy atom. The minimum absolute atomic E-state index is 0.0955. The number of nitrogens with one attached hydrogen (secondary N) is 1. The zero-order valence-corrected chi connectivity index (χ0v) is 17.5. The first kappa shape index (κ1) is 21.5. The second kappa shape index (κ2) is 10.5. The van der Waals surface area contributed by atoms with Gasteiger partial charge in [0.1, 0.15) is 0 Å². The number of allylic oxidation sites excluding steroid dienone is 1. The van der Waals surface area contributed by atoms with Crippen molar-refractivity contribution in [3.05, 3.63) is 77.8 Å². The Bertz CT molecular complexity index is 1050.